The summed E-state index contributed by atoms with van der Waals surface area (Å²) in [6.45, 7) is 4.06. The summed E-state index contributed by atoms with van der Waals surface area (Å²) >= 11 is 7.65. The van der Waals surface area contributed by atoms with Gasteiger partial charge in [0, 0.05) is 5.88 Å². The highest BCUT2D eigenvalue weighted by atomic mass is 35.5. The summed E-state index contributed by atoms with van der Waals surface area (Å²) in [5.41, 5.74) is -0.239. The fourth-order valence-electron chi connectivity index (χ4n) is 1.54. The zero-order chi connectivity index (χ0) is 11.3. The summed E-state index contributed by atoms with van der Waals surface area (Å²) in [4.78, 5) is 11.9. The van der Waals surface area contributed by atoms with Crippen LogP contribution in [0.2, 0.25) is 0 Å². The van der Waals surface area contributed by atoms with Gasteiger partial charge < -0.3 is 5.32 Å². The van der Waals surface area contributed by atoms with E-state index in [-0.39, 0.29) is 16.7 Å². The smallest absolute Gasteiger partial charge is 0.233 e. The molecule has 0 aromatic heterocycles. The topological polar surface area (TPSA) is 29.1 Å². The first-order valence-corrected chi connectivity index (χ1v) is 7.19. The van der Waals surface area contributed by atoms with E-state index in [0.717, 1.165) is 18.6 Å². The molecular formula is C11H20ClNOS. The van der Waals surface area contributed by atoms with Crippen LogP contribution in [0, 0.1) is 0 Å². The van der Waals surface area contributed by atoms with E-state index in [0.29, 0.717) is 5.88 Å². The SMILES string of the molecule is CCC(C)(CCl)NC(=O)C1CCCCS1. The predicted octanol–water partition coefficient (Wildman–Crippen LogP) is 2.80. The summed E-state index contributed by atoms with van der Waals surface area (Å²) in [5, 5.41) is 3.22. The number of alkyl halides is 1. The average molecular weight is 250 g/mol. The van der Waals surface area contributed by atoms with E-state index >= 15 is 0 Å². The van der Waals surface area contributed by atoms with Crippen LogP contribution in [0.3, 0.4) is 0 Å². The van der Waals surface area contributed by atoms with Crippen molar-refractivity contribution >= 4 is 29.3 Å². The van der Waals surface area contributed by atoms with Gasteiger partial charge in [-0.1, -0.05) is 13.3 Å². The minimum Gasteiger partial charge on any atom is -0.349 e. The monoisotopic (exact) mass is 249 g/mol. The summed E-state index contributed by atoms with van der Waals surface area (Å²) in [5.74, 6) is 1.76. The normalized spacial score (nSPS) is 25.7. The zero-order valence-electron chi connectivity index (χ0n) is 9.51. The lowest BCUT2D eigenvalue weighted by Crippen LogP contribution is -2.50. The van der Waals surface area contributed by atoms with Crippen LogP contribution in [0.15, 0.2) is 0 Å². The standard InChI is InChI=1S/C11H20ClNOS/c1-3-11(2,8-12)13-10(14)9-6-4-5-7-15-9/h9H,3-8H2,1-2H3,(H,13,14). The minimum absolute atomic E-state index is 0.146. The number of halogens is 1. The third kappa shape index (κ3) is 3.87. The van der Waals surface area contributed by atoms with Crippen LogP contribution in [0.4, 0.5) is 0 Å². The number of hydrogen-bond acceptors (Lipinski definition) is 2. The molecule has 0 aromatic rings. The molecule has 1 fully saturated rings. The van der Waals surface area contributed by atoms with E-state index in [2.05, 4.69) is 12.2 Å². The van der Waals surface area contributed by atoms with E-state index in [1.807, 2.05) is 6.92 Å². The van der Waals surface area contributed by atoms with E-state index in [9.17, 15) is 4.79 Å². The molecule has 1 rings (SSSR count). The maximum absolute atomic E-state index is 11.9. The largest absolute Gasteiger partial charge is 0.349 e. The number of carbonyl (C=O) groups excluding carboxylic acids is 1. The molecule has 2 nitrogen and oxygen atoms in total. The van der Waals surface area contributed by atoms with Crippen LogP contribution < -0.4 is 5.32 Å². The molecule has 4 heteroatoms. The highest BCUT2D eigenvalue weighted by Crippen LogP contribution is 2.26. The molecule has 0 aromatic carbocycles. The Kier molecular flexibility index (Phi) is 5.27. The molecule has 15 heavy (non-hydrogen) atoms. The number of nitrogens with one attached hydrogen (secondary N) is 1. The molecule has 1 aliphatic heterocycles. The van der Waals surface area contributed by atoms with Gasteiger partial charge in [-0.2, -0.15) is 0 Å². The fourth-order valence-corrected chi connectivity index (χ4v) is 3.00. The second kappa shape index (κ2) is 6.00. The Hall–Kier alpha value is 0.110. The summed E-state index contributed by atoms with van der Waals surface area (Å²) in [6.07, 6.45) is 4.31. The summed E-state index contributed by atoms with van der Waals surface area (Å²) in [7, 11) is 0. The van der Waals surface area contributed by atoms with Gasteiger partial charge in [-0.3, -0.25) is 4.79 Å². The Morgan fingerprint density at radius 2 is 2.33 bits per heavy atom. The third-order valence-electron chi connectivity index (χ3n) is 2.97. The summed E-state index contributed by atoms with van der Waals surface area (Å²) in [6, 6.07) is 0. The van der Waals surface area contributed by atoms with Crippen LogP contribution in [0.1, 0.15) is 39.5 Å². The van der Waals surface area contributed by atoms with Gasteiger partial charge in [0.2, 0.25) is 5.91 Å². The molecular weight excluding hydrogens is 230 g/mol. The molecule has 2 atom stereocenters. The van der Waals surface area contributed by atoms with Crippen LogP contribution in [-0.4, -0.2) is 28.3 Å². The first-order valence-electron chi connectivity index (χ1n) is 5.61. The Balaban J connectivity index is 2.46. The highest BCUT2D eigenvalue weighted by Gasteiger charge is 2.28. The number of amides is 1. The van der Waals surface area contributed by atoms with Crippen molar-refractivity contribution in [3.63, 3.8) is 0 Å². The maximum Gasteiger partial charge on any atom is 0.233 e. The second-order valence-electron chi connectivity index (χ2n) is 4.39. The number of carbonyl (C=O) groups is 1. The van der Waals surface area contributed by atoms with Gasteiger partial charge in [-0.25, -0.2) is 0 Å². The lowest BCUT2D eigenvalue weighted by Gasteiger charge is -2.30. The van der Waals surface area contributed by atoms with Gasteiger partial charge in [-0.05, 0) is 31.9 Å². The van der Waals surface area contributed by atoms with E-state index in [4.69, 9.17) is 11.6 Å². The summed E-state index contributed by atoms with van der Waals surface area (Å²) < 4.78 is 0. The van der Waals surface area contributed by atoms with Crippen molar-refractivity contribution in [2.45, 2.75) is 50.3 Å². The zero-order valence-corrected chi connectivity index (χ0v) is 11.1. The van der Waals surface area contributed by atoms with E-state index in [1.54, 1.807) is 11.8 Å². The Morgan fingerprint density at radius 1 is 1.60 bits per heavy atom. The molecule has 0 bridgehead atoms. The van der Waals surface area contributed by atoms with Gasteiger partial charge in [0.15, 0.2) is 0 Å². The fraction of sp³-hybridized carbons (Fsp3) is 0.909. The van der Waals surface area contributed by atoms with Crippen molar-refractivity contribution in [2.75, 3.05) is 11.6 Å². The molecule has 88 valence electrons. The first-order chi connectivity index (χ1) is 7.11. The molecule has 2 unspecified atom stereocenters. The van der Waals surface area contributed by atoms with Crippen LogP contribution in [-0.2, 0) is 4.79 Å². The highest BCUT2D eigenvalue weighted by molar-refractivity contribution is 8.00. The van der Waals surface area contributed by atoms with Crippen molar-refractivity contribution in [1.82, 2.24) is 5.32 Å². The molecule has 0 aliphatic carbocycles. The second-order valence-corrected chi connectivity index (χ2v) is 5.97. The van der Waals surface area contributed by atoms with Crippen molar-refractivity contribution < 1.29 is 4.79 Å². The van der Waals surface area contributed by atoms with Crippen molar-refractivity contribution in [2.24, 2.45) is 0 Å². The average Bonchev–Trinajstić information content (AvgIpc) is 2.30. The van der Waals surface area contributed by atoms with Crippen LogP contribution >= 0.6 is 23.4 Å². The maximum atomic E-state index is 11.9. The molecule has 1 saturated heterocycles. The van der Waals surface area contributed by atoms with Crippen molar-refractivity contribution in [1.29, 1.82) is 0 Å². The quantitative estimate of drug-likeness (QED) is 0.777. The molecule has 1 aliphatic rings. The Morgan fingerprint density at radius 3 is 2.80 bits per heavy atom. The molecule has 1 amide bonds. The van der Waals surface area contributed by atoms with Gasteiger partial charge in [0.25, 0.3) is 0 Å². The van der Waals surface area contributed by atoms with Crippen LogP contribution in [0.5, 0.6) is 0 Å². The van der Waals surface area contributed by atoms with Gasteiger partial charge in [0.05, 0.1) is 10.8 Å². The predicted molar refractivity (Wildman–Crippen MR) is 67.7 cm³/mol. The van der Waals surface area contributed by atoms with Gasteiger partial charge in [0.1, 0.15) is 0 Å². The van der Waals surface area contributed by atoms with Crippen molar-refractivity contribution in [3.8, 4) is 0 Å². The van der Waals surface area contributed by atoms with Gasteiger partial charge >= 0.3 is 0 Å². The Bertz CT molecular complexity index is 213. The van der Waals surface area contributed by atoms with Crippen LogP contribution in [0.25, 0.3) is 0 Å². The molecule has 0 saturated carbocycles. The lowest BCUT2D eigenvalue weighted by atomic mass is 10.0. The molecule has 0 radical (unpaired) electrons. The number of hydrogen-bond donors (Lipinski definition) is 1. The van der Waals surface area contributed by atoms with E-state index < -0.39 is 0 Å². The number of thioether (sulfide) groups is 1. The van der Waals surface area contributed by atoms with Crippen molar-refractivity contribution in [3.05, 3.63) is 0 Å². The molecule has 1 heterocycles. The lowest BCUT2D eigenvalue weighted by molar-refractivity contribution is -0.122. The minimum atomic E-state index is -0.239. The first kappa shape index (κ1) is 13.2. The molecule has 0 spiro atoms. The van der Waals surface area contributed by atoms with Gasteiger partial charge in [-0.15, -0.1) is 23.4 Å². The third-order valence-corrected chi connectivity index (χ3v) is 4.94. The molecule has 1 N–H and O–H groups in total. The Labute approximate surface area is 102 Å². The van der Waals surface area contributed by atoms with E-state index in [1.165, 1.54) is 12.8 Å². The number of rotatable bonds is 4.